The largest absolute Gasteiger partial charge is 0.314 e. The van der Waals surface area contributed by atoms with Gasteiger partial charge in [-0.15, -0.1) is 12.3 Å². The highest BCUT2D eigenvalue weighted by Gasteiger charge is 2.01. The molecule has 1 unspecified atom stereocenters. The van der Waals surface area contributed by atoms with E-state index in [1.165, 1.54) is 19.3 Å². The summed E-state index contributed by atoms with van der Waals surface area (Å²) in [6.07, 6.45) is 10.9. The number of hydrogen-bond acceptors (Lipinski definition) is 1. The van der Waals surface area contributed by atoms with Crippen LogP contribution < -0.4 is 5.32 Å². The van der Waals surface area contributed by atoms with Crippen molar-refractivity contribution < 1.29 is 0 Å². The highest BCUT2D eigenvalue weighted by Crippen LogP contribution is 2.00. The minimum atomic E-state index is 0.702. The number of terminal acetylenes is 1. The Morgan fingerprint density at radius 2 is 2.17 bits per heavy atom. The first-order valence-electron chi connectivity index (χ1n) is 5.02. The minimum Gasteiger partial charge on any atom is -0.314 e. The maximum absolute atomic E-state index is 5.16. The molecule has 0 aliphatic heterocycles. The smallest absolute Gasteiger partial charge is 0.00981 e. The zero-order valence-corrected chi connectivity index (χ0v) is 8.40. The summed E-state index contributed by atoms with van der Waals surface area (Å²) in [5.41, 5.74) is 0. The number of hydrogen-bond donors (Lipinski definition) is 1. The molecule has 0 rings (SSSR count). The van der Waals surface area contributed by atoms with Gasteiger partial charge >= 0.3 is 0 Å². The van der Waals surface area contributed by atoms with Crippen molar-refractivity contribution in [3.63, 3.8) is 0 Å². The first kappa shape index (κ1) is 11.5. The van der Waals surface area contributed by atoms with Crippen LogP contribution in [0.25, 0.3) is 0 Å². The van der Waals surface area contributed by atoms with Crippen molar-refractivity contribution in [2.24, 2.45) is 0 Å². The molecule has 0 heterocycles. The third kappa shape index (κ3) is 6.24. The van der Waals surface area contributed by atoms with Crippen LogP contribution in [0.5, 0.6) is 0 Å². The van der Waals surface area contributed by atoms with E-state index in [1.54, 1.807) is 0 Å². The van der Waals surface area contributed by atoms with E-state index in [0.717, 1.165) is 19.4 Å². The lowest BCUT2D eigenvalue weighted by atomic mass is 10.1. The summed E-state index contributed by atoms with van der Waals surface area (Å²) in [5.74, 6) is 2.65. The van der Waals surface area contributed by atoms with E-state index in [4.69, 9.17) is 6.42 Å². The van der Waals surface area contributed by atoms with E-state index < -0.39 is 0 Å². The van der Waals surface area contributed by atoms with Crippen molar-refractivity contribution in [1.29, 1.82) is 0 Å². The second-order valence-electron chi connectivity index (χ2n) is 3.16. The predicted octanol–water partition coefficient (Wildman–Crippen LogP) is 2.57. The quantitative estimate of drug-likeness (QED) is 0.454. The third-order valence-electron chi connectivity index (χ3n) is 2.06. The molecule has 70 valence electrons. The van der Waals surface area contributed by atoms with Crippen LogP contribution in [-0.2, 0) is 0 Å². The van der Waals surface area contributed by atoms with Crippen LogP contribution in [0.3, 0.4) is 0 Å². The first-order chi connectivity index (χ1) is 5.85. The SMILES string of the molecule is C#CCCCNC(CC)CCC. The Hall–Kier alpha value is -0.480. The minimum absolute atomic E-state index is 0.702. The average molecular weight is 167 g/mol. The summed E-state index contributed by atoms with van der Waals surface area (Å²) >= 11 is 0. The van der Waals surface area contributed by atoms with Crippen molar-refractivity contribution >= 4 is 0 Å². The number of rotatable bonds is 7. The van der Waals surface area contributed by atoms with Crippen LogP contribution in [0.2, 0.25) is 0 Å². The molecule has 0 bridgehead atoms. The van der Waals surface area contributed by atoms with Crippen molar-refractivity contribution in [3.05, 3.63) is 0 Å². The van der Waals surface area contributed by atoms with Gasteiger partial charge in [0.25, 0.3) is 0 Å². The summed E-state index contributed by atoms with van der Waals surface area (Å²) in [4.78, 5) is 0. The molecule has 0 aromatic heterocycles. The highest BCUT2D eigenvalue weighted by molar-refractivity contribution is 4.83. The Labute approximate surface area is 76.9 Å². The fraction of sp³-hybridized carbons (Fsp3) is 0.818. The van der Waals surface area contributed by atoms with E-state index in [1.807, 2.05) is 0 Å². The highest BCUT2D eigenvalue weighted by atomic mass is 14.9. The molecule has 12 heavy (non-hydrogen) atoms. The van der Waals surface area contributed by atoms with Gasteiger partial charge in [-0.05, 0) is 25.8 Å². The molecule has 1 nitrogen and oxygen atoms in total. The molecule has 1 N–H and O–H groups in total. The van der Waals surface area contributed by atoms with Crippen LogP contribution in [0.15, 0.2) is 0 Å². The second-order valence-corrected chi connectivity index (χ2v) is 3.16. The Kier molecular flexibility index (Phi) is 8.27. The van der Waals surface area contributed by atoms with E-state index in [-0.39, 0.29) is 0 Å². The first-order valence-corrected chi connectivity index (χ1v) is 5.02. The Morgan fingerprint density at radius 3 is 2.67 bits per heavy atom. The van der Waals surface area contributed by atoms with E-state index in [2.05, 4.69) is 25.1 Å². The Bertz CT molecular complexity index is 123. The number of unbranched alkanes of at least 4 members (excludes halogenated alkanes) is 1. The van der Waals surface area contributed by atoms with Crippen LogP contribution in [0.4, 0.5) is 0 Å². The normalized spacial score (nSPS) is 12.4. The van der Waals surface area contributed by atoms with Crippen LogP contribution in [0, 0.1) is 12.3 Å². The molecule has 0 fully saturated rings. The van der Waals surface area contributed by atoms with Gasteiger partial charge in [-0.3, -0.25) is 0 Å². The van der Waals surface area contributed by atoms with Gasteiger partial charge in [0.05, 0.1) is 0 Å². The van der Waals surface area contributed by atoms with E-state index in [0.29, 0.717) is 6.04 Å². The van der Waals surface area contributed by atoms with Gasteiger partial charge in [-0.1, -0.05) is 20.3 Å². The molecule has 0 spiro atoms. The standard InChI is InChI=1S/C11H21N/c1-4-7-8-10-12-11(6-3)9-5-2/h1,11-12H,5-10H2,2-3H3. The van der Waals surface area contributed by atoms with E-state index >= 15 is 0 Å². The van der Waals surface area contributed by atoms with Crippen molar-refractivity contribution in [1.82, 2.24) is 5.32 Å². The topological polar surface area (TPSA) is 12.0 Å². The van der Waals surface area contributed by atoms with E-state index in [9.17, 15) is 0 Å². The number of nitrogens with one attached hydrogen (secondary N) is 1. The zero-order valence-electron chi connectivity index (χ0n) is 8.40. The van der Waals surface area contributed by atoms with Crippen LogP contribution >= 0.6 is 0 Å². The lowest BCUT2D eigenvalue weighted by molar-refractivity contribution is 0.460. The molecule has 0 aliphatic carbocycles. The zero-order chi connectivity index (χ0) is 9.23. The van der Waals surface area contributed by atoms with Gasteiger partial charge in [0.15, 0.2) is 0 Å². The van der Waals surface area contributed by atoms with Crippen LogP contribution in [-0.4, -0.2) is 12.6 Å². The maximum Gasteiger partial charge on any atom is 0.00981 e. The maximum atomic E-state index is 5.16. The van der Waals surface area contributed by atoms with Gasteiger partial charge in [0.1, 0.15) is 0 Å². The lowest BCUT2D eigenvalue weighted by Crippen LogP contribution is -2.28. The summed E-state index contributed by atoms with van der Waals surface area (Å²) in [5, 5.41) is 3.51. The summed E-state index contributed by atoms with van der Waals surface area (Å²) in [6, 6.07) is 0.702. The summed E-state index contributed by atoms with van der Waals surface area (Å²) in [6.45, 7) is 5.53. The Balaban J connectivity index is 3.26. The lowest BCUT2D eigenvalue weighted by Gasteiger charge is -2.15. The monoisotopic (exact) mass is 167 g/mol. The van der Waals surface area contributed by atoms with Crippen molar-refractivity contribution in [3.8, 4) is 12.3 Å². The van der Waals surface area contributed by atoms with Crippen LogP contribution in [0.1, 0.15) is 46.0 Å². The summed E-state index contributed by atoms with van der Waals surface area (Å²) in [7, 11) is 0. The molecule has 0 aromatic rings. The van der Waals surface area contributed by atoms with Gasteiger partial charge < -0.3 is 5.32 Å². The molecular weight excluding hydrogens is 146 g/mol. The second kappa shape index (κ2) is 8.62. The van der Waals surface area contributed by atoms with Gasteiger partial charge in [-0.2, -0.15) is 0 Å². The Morgan fingerprint density at radius 1 is 1.42 bits per heavy atom. The average Bonchev–Trinajstić information content (AvgIpc) is 2.10. The van der Waals surface area contributed by atoms with Crippen molar-refractivity contribution in [2.45, 2.75) is 52.0 Å². The molecule has 0 radical (unpaired) electrons. The van der Waals surface area contributed by atoms with Gasteiger partial charge in [0, 0.05) is 12.5 Å². The molecule has 0 aromatic carbocycles. The molecule has 0 aliphatic rings. The molecular formula is C11H21N. The van der Waals surface area contributed by atoms with Gasteiger partial charge in [0.2, 0.25) is 0 Å². The third-order valence-corrected chi connectivity index (χ3v) is 2.06. The molecule has 1 atom stereocenters. The molecule has 0 saturated heterocycles. The molecule has 1 heteroatoms. The fourth-order valence-corrected chi connectivity index (χ4v) is 1.30. The molecule has 0 saturated carbocycles. The molecule has 0 amide bonds. The summed E-state index contributed by atoms with van der Waals surface area (Å²) < 4.78 is 0. The predicted molar refractivity (Wildman–Crippen MR) is 55.1 cm³/mol. The fourth-order valence-electron chi connectivity index (χ4n) is 1.30. The van der Waals surface area contributed by atoms with Gasteiger partial charge in [-0.25, -0.2) is 0 Å². The van der Waals surface area contributed by atoms with Crippen molar-refractivity contribution in [2.75, 3.05) is 6.54 Å².